The van der Waals surface area contributed by atoms with Crippen molar-refractivity contribution in [2.24, 2.45) is 0 Å². The zero-order chi connectivity index (χ0) is 9.60. The van der Waals surface area contributed by atoms with Crippen molar-refractivity contribution in [1.82, 2.24) is 4.98 Å². The predicted molar refractivity (Wildman–Crippen MR) is 56.4 cm³/mol. The summed E-state index contributed by atoms with van der Waals surface area (Å²) in [4.78, 5) is 3.28. The molecule has 0 bridgehead atoms. The van der Waals surface area contributed by atoms with Crippen LogP contribution >= 0.6 is 0 Å². The molecule has 0 amide bonds. The van der Waals surface area contributed by atoms with E-state index in [1.807, 2.05) is 0 Å². The van der Waals surface area contributed by atoms with E-state index in [4.69, 9.17) is 4.74 Å². The molecule has 2 heterocycles. The Balaban J connectivity index is 2.04. The van der Waals surface area contributed by atoms with E-state index < -0.39 is 0 Å². The first-order valence-electron chi connectivity index (χ1n) is 4.96. The van der Waals surface area contributed by atoms with Crippen LogP contribution in [0.3, 0.4) is 0 Å². The highest BCUT2D eigenvalue weighted by molar-refractivity contribution is 5.83. The molecule has 14 heavy (non-hydrogen) atoms. The van der Waals surface area contributed by atoms with Crippen molar-refractivity contribution in [2.45, 2.75) is 18.9 Å². The van der Waals surface area contributed by atoms with Crippen LogP contribution in [0.4, 0.5) is 0 Å². The minimum absolute atomic E-state index is 0.102. The Hall–Kier alpha value is -1.28. The van der Waals surface area contributed by atoms with Gasteiger partial charge in [0.2, 0.25) is 0 Å². The van der Waals surface area contributed by atoms with E-state index in [9.17, 15) is 0 Å². The fourth-order valence-corrected chi connectivity index (χ4v) is 1.91. The van der Waals surface area contributed by atoms with Gasteiger partial charge in [0.1, 0.15) is 0 Å². The summed E-state index contributed by atoms with van der Waals surface area (Å²) in [6.07, 6.45) is 3.11. The molecule has 1 aromatic heterocycles. The molecule has 2 aromatic rings. The molecule has 2 nitrogen and oxygen atoms in total. The number of nitrogens with one attached hydrogen (secondary N) is 1. The summed E-state index contributed by atoms with van der Waals surface area (Å²) < 4.78 is 5.40. The Morgan fingerprint density at radius 3 is 3.00 bits per heavy atom. The number of ether oxygens (including phenoxy) is 1. The minimum Gasteiger partial charge on any atom is -0.370 e. The van der Waals surface area contributed by atoms with Crippen molar-refractivity contribution in [2.75, 3.05) is 6.61 Å². The molecule has 0 saturated carbocycles. The summed E-state index contributed by atoms with van der Waals surface area (Å²) in [6, 6.07) is 8.40. The molecule has 1 saturated heterocycles. The van der Waals surface area contributed by atoms with Crippen LogP contribution in [0.2, 0.25) is 0 Å². The molecule has 1 aromatic carbocycles. The van der Waals surface area contributed by atoms with Crippen LogP contribution in [0.25, 0.3) is 10.9 Å². The highest BCUT2D eigenvalue weighted by Gasteiger charge is 2.39. The highest BCUT2D eigenvalue weighted by atomic mass is 16.6. The zero-order valence-corrected chi connectivity index (χ0v) is 8.21. The van der Waals surface area contributed by atoms with Gasteiger partial charge in [0, 0.05) is 23.5 Å². The lowest BCUT2D eigenvalue weighted by Gasteiger charge is -2.02. The van der Waals surface area contributed by atoms with Crippen molar-refractivity contribution in [1.29, 1.82) is 0 Å². The summed E-state index contributed by atoms with van der Waals surface area (Å²) in [5.74, 6) is 0. The van der Waals surface area contributed by atoms with Crippen molar-refractivity contribution in [3.8, 4) is 0 Å². The van der Waals surface area contributed by atoms with Crippen LogP contribution in [0.15, 0.2) is 30.5 Å². The van der Waals surface area contributed by atoms with Crippen molar-refractivity contribution >= 4 is 10.9 Å². The Bertz CT molecular complexity index is 468. The number of epoxide rings is 1. The second-order valence-electron chi connectivity index (χ2n) is 4.27. The maximum Gasteiger partial charge on any atom is 0.0929 e. The number of hydrogen-bond donors (Lipinski definition) is 1. The first-order valence-corrected chi connectivity index (χ1v) is 4.96. The Morgan fingerprint density at radius 2 is 2.21 bits per heavy atom. The van der Waals surface area contributed by atoms with Gasteiger partial charge in [0.25, 0.3) is 0 Å². The second kappa shape index (κ2) is 2.61. The first-order chi connectivity index (χ1) is 6.77. The molecular formula is C12H13NO. The van der Waals surface area contributed by atoms with Gasteiger partial charge >= 0.3 is 0 Å². The Morgan fingerprint density at radius 1 is 1.43 bits per heavy atom. The maximum atomic E-state index is 5.40. The molecule has 1 N–H and O–H groups in total. The molecule has 1 aliphatic rings. The molecular weight excluding hydrogens is 174 g/mol. The lowest BCUT2D eigenvalue weighted by atomic mass is 10.0. The van der Waals surface area contributed by atoms with Gasteiger partial charge in [-0.05, 0) is 18.6 Å². The van der Waals surface area contributed by atoms with Crippen molar-refractivity contribution < 1.29 is 4.74 Å². The van der Waals surface area contributed by atoms with E-state index in [0.717, 1.165) is 13.0 Å². The van der Waals surface area contributed by atoms with Gasteiger partial charge in [-0.25, -0.2) is 0 Å². The largest absolute Gasteiger partial charge is 0.370 e. The maximum absolute atomic E-state index is 5.40. The quantitative estimate of drug-likeness (QED) is 0.719. The van der Waals surface area contributed by atoms with E-state index >= 15 is 0 Å². The standard InChI is InChI=1S/C12H13NO/c1-12(8-14-12)6-9-7-13-11-5-3-2-4-10(9)11/h2-5,7,13H,6,8H2,1H3. The molecule has 1 atom stereocenters. The Kier molecular flexibility index (Phi) is 1.50. The number of rotatable bonds is 2. The van der Waals surface area contributed by atoms with Gasteiger partial charge in [-0.2, -0.15) is 0 Å². The summed E-state index contributed by atoms with van der Waals surface area (Å²) in [7, 11) is 0. The fourth-order valence-electron chi connectivity index (χ4n) is 1.91. The first kappa shape index (κ1) is 8.06. The minimum atomic E-state index is 0.102. The normalized spacial score (nSPS) is 25.5. The molecule has 2 heteroatoms. The van der Waals surface area contributed by atoms with Crippen LogP contribution in [-0.2, 0) is 11.2 Å². The van der Waals surface area contributed by atoms with E-state index in [2.05, 4.69) is 42.4 Å². The fraction of sp³-hybridized carbons (Fsp3) is 0.333. The zero-order valence-electron chi connectivity index (χ0n) is 8.21. The van der Waals surface area contributed by atoms with E-state index in [1.165, 1.54) is 16.5 Å². The van der Waals surface area contributed by atoms with E-state index in [-0.39, 0.29) is 5.60 Å². The molecule has 1 unspecified atom stereocenters. The summed E-state index contributed by atoms with van der Waals surface area (Å²) in [5.41, 5.74) is 2.68. The number of aromatic nitrogens is 1. The van der Waals surface area contributed by atoms with E-state index in [0.29, 0.717) is 0 Å². The third-order valence-electron chi connectivity index (χ3n) is 2.88. The molecule has 72 valence electrons. The summed E-state index contributed by atoms with van der Waals surface area (Å²) >= 11 is 0. The highest BCUT2D eigenvalue weighted by Crippen LogP contribution is 2.32. The van der Waals surface area contributed by atoms with Gasteiger partial charge in [-0.3, -0.25) is 0 Å². The summed E-state index contributed by atoms with van der Waals surface area (Å²) in [5, 5.41) is 1.32. The third-order valence-corrected chi connectivity index (χ3v) is 2.88. The summed E-state index contributed by atoms with van der Waals surface area (Å²) in [6.45, 7) is 3.06. The van der Waals surface area contributed by atoms with Gasteiger partial charge in [-0.15, -0.1) is 0 Å². The Labute approximate surface area is 82.9 Å². The number of fused-ring (bicyclic) bond motifs is 1. The lowest BCUT2D eigenvalue weighted by molar-refractivity contribution is 0.323. The molecule has 0 aliphatic carbocycles. The number of para-hydroxylation sites is 1. The predicted octanol–water partition coefficient (Wildman–Crippen LogP) is 2.50. The van der Waals surface area contributed by atoms with Crippen molar-refractivity contribution in [3.63, 3.8) is 0 Å². The van der Waals surface area contributed by atoms with Gasteiger partial charge in [0.15, 0.2) is 0 Å². The monoisotopic (exact) mass is 187 g/mol. The molecule has 0 radical (unpaired) electrons. The van der Waals surface area contributed by atoms with E-state index in [1.54, 1.807) is 0 Å². The van der Waals surface area contributed by atoms with Crippen LogP contribution < -0.4 is 0 Å². The SMILES string of the molecule is CC1(Cc2c[nH]c3ccccc23)CO1. The lowest BCUT2D eigenvalue weighted by Crippen LogP contribution is -2.07. The van der Waals surface area contributed by atoms with Crippen molar-refractivity contribution in [3.05, 3.63) is 36.0 Å². The average Bonchev–Trinajstić information content (AvgIpc) is 2.77. The van der Waals surface area contributed by atoms with Crippen LogP contribution in [0.1, 0.15) is 12.5 Å². The number of aromatic amines is 1. The molecule has 1 aliphatic heterocycles. The molecule has 1 fully saturated rings. The van der Waals surface area contributed by atoms with Crippen LogP contribution in [-0.4, -0.2) is 17.2 Å². The van der Waals surface area contributed by atoms with Gasteiger partial charge in [-0.1, -0.05) is 18.2 Å². The molecule has 3 rings (SSSR count). The second-order valence-corrected chi connectivity index (χ2v) is 4.27. The number of benzene rings is 1. The van der Waals surface area contributed by atoms with Gasteiger partial charge in [0.05, 0.1) is 12.2 Å². The number of H-pyrrole nitrogens is 1. The smallest absolute Gasteiger partial charge is 0.0929 e. The molecule has 0 spiro atoms. The topological polar surface area (TPSA) is 28.3 Å². The third kappa shape index (κ3) is 1.23. The van der Waals surface area contributed by atoms with Gasteiger partial charge < -0.3 is 9.72 Å². The number of hydrogen-bond acceptors (Lipinski definition) is 1. The average molecular weight is 187 g/mol. The van der Waals surface area contributed by atoms with Crippen LogP contribution in [0.5, 0.6) is 0 Å². The van der Waals surface area contributed by atoms with Crippen LogP contribution in [0, 0.1) is 0 Å².